The maximum atomic E-state index is 13.3. The van der Waals surface area contributed by atoms with Crippen LogP contribution < -0.4 is 0 Å². The van der Waals surface area contributed by atoms with Crippen LogP contribution in [-0.4, -0.2) is 42.7 Å². The van der Waals surface area contributed by atoms with Gasteiger partial charge < -0.3 is 4.90 Å². The Morgan fingerprint density at radius 1 is 1.06 bits per heavy atom. The average molecular weight is 437 g/mol. The lowest BCUT2D eigenvalue weighted by molar-refractivity contribution is 0.0667. The van der Waals surface area contributed by atoms with Gasteiger partial charge in [0.05, 0.1) is 11.4 Å². The van der Waals surface area contributed by atoms with Crippen molar-refractivity contribution < 1.29 is 13.2 Å². The zero-order valence-corrected chi connectivity index (χ0v) is 18.5. The quantitative estimate of drug-likeness (QED) is 0.669. The maximum absolute atomic E-state index is 13.3. The van der Waals surface area contributed by atoms with Crippen LogP contribution in [0.5, 0.6) is 0 Å². The van der Waals surface area contributed by atoms with Crippen LogP contribution in [0.3, 0.4) is 0 Å². The SMILES string of the molecule is C#CCN(C(=O)c1cccc(S(=O)(=O)N2CCc3ccccc3C2)c1)C1CCCCC1. The lowest BCUT2D eigenvalue weighted by Crippen LogP contribution is -2.41. The lowest BCUT2D eigenvalue weighted by Gasteiger charge is -2.33. The molecular formula is C25H28N2O3S. The summed E-state index contributed by atoms with van der Waals surface area (Å²) in [6.45, 7) is 1.02. The van der Waals surface area contributed by atoms with E-state index in [9.17, 15) is 13.2 Å². The van der Waals surface area contributed by atoms with Crippen LogP contribution in [0.2, 0.25) is 0 Å². The summed E-state index contributed by atoms with van der Waals surface area (Å²) in [5, 5.41) is 0. The number of rotatable bonds is 5. The number of hydrogen-bond acceptors (Lipinski definition) is 3. The molecule has 0 atom stereocenters. The van der Waals surface area contributed by atoms with Crippen molar-refractivity contribution in [2.45, 2.75) is 56.0 Å². The van der Waals surface area contributed by atoms with E-state index in [-0.39, 0.29) is 23.4 Å². The molecule has 2 aliphatic rings. The third kappa shape index (κ3) is 4.53. The van der Waals surface area contributed by atoms with Gasteiger partial charge in [-0.2, -0.15) is 4.31 Å². The predicted molar refractivity (Wildman–Crippen MR) is 121 cm³/mol. The highest BCUT2D eigenvalue weighted by Crippen LogP contribution is 2.27. The van der Waals surface area contributed by atoms with Crippen molar-refractivity contribution in [2.75, 3.05) is 13.1 Å². The molecule has 6 heteroatoms. The summed E-state index contributed by atoms with van der Waals surface area (Å²) in [6, 6.07) is 14.4. The van der Waals surface area contributed by atoms with E-state index in [0.29, 0.717) is 25.1 Å². The molecule has 0 spiro atoms. The molecule has 2 aromatic rings. The first-order valence-corrected chi connectivity index (χ1v) is 12.4. The highest BCUT2D eigenvalue weighted by molar-refractivity contribution is 7.89. The van der Waals surface area contributed by atoms with Crippen molar-refractivity contribution >= 4 is 15.9 Å². The van der Waals surface area contributed by atoms with Crippen LogP contribution in [0, 0.1) is 12.3 Å². The molecule has 1 heterocycles. The highest BCUT2D eigenvalue weighted by atomic mass is 32.2. The fourth-order valence-electron chi connectivity index (χ4n) is 4.64. The molecule has 1 fully saturated rings. The molecule has 0 saturated heterocycles. The van der Waals surface area contributed by atoms with Gasteiger partial charge in [-0.3, -0.25) is 4.79 Å². The summed E-state index contributed by atoms with van der Waals surface area (Å²) >= 11 is 0. The molecule has 5 nitrogen and oxygen atoms in total. The highest BCUT2D eigenvalue weighted by Gasteiger charge is 2.30. The number of hydrogen-bond donors (Lipinski definition) is 0. The van der Waals surface area contributed by atoms with Gasteiger partial charge in [-0.15, -0.1) is 6.42 Å². The number of fused-ring (bicyclic) bond motifs is 1. The zero-order chi connectivity index (χ0) is 21.8. The fourth-order valence-corrected chi connectivity index (χ4v) is 6.10. The van der Waals surface area contributed by atoms with Gasteiger partial charge in [0.1, 0.15) is 0 Å². The smallest absolute Gasteiger partial charge is 0.254 e. The summed E-state index contributed by atoms with van der Waals surface area (Å²) < 4.78 is 28.2. The molecule has 1 aliphatic carbocycles. The topological polar surface area (TPSA) is 57.7 Å². The Morgan fingerprint density at radius 2 is 1.81 bits per heavy atom. The van der Waals surface area contributed by atoms with E-state index < -0.39 is 10.0 Å². The van der Waals surface area contributed by atoms with Crippen molar-refractivity contribution in [3.8, 4) is 12.3 Å². The van der Waals surface area contributed by atoms with Gasteiger partial charge in [0.2, 0.25) is 10.0 Å². The number of carbonyl (C=O) groups is 1. The number of nitrogens with zero attached hydrogens (tertiary/aromatic N) is 2. The first kappa shape index (κ1) is 21.6. The van der Waals surface area contributed by atoms with Gasteiger partial charge >= 0.3 is 0 Å². The van der Waals surface area contributed by atoms with Crippen LogP contribution >= 0.6 is 0 Å². The van der Waals surface area contributed by atoms with Crippen LogP contribution in [0.15, 0.2) is 53.4 Å². The van der Waals surface area contributed by atoms with E-state index in [4.69, 9.17) is 6.42 Å². The second kappa shape index (κ2) is 9.25. The van der Waals surface area contributed by atoms with Gasteiger partial charge in [0, 0.05) is 24.7 Å². The van der Waals surface area contributed by atoms with Crippen molar-refractivity contribution in [1.29, 1.82) is 0 Å². The normalized spacial score (nSPS) is 17.5. The number of terminal acetylenes is 1. The van der Waals surface area contributed by atoms with E-state index in [1.807, 2.05) is 24.3 Å². The number of sulfonamides is 1. The summed E-state index contributed by atoms with van der Waals surface area (Å²) in [6.07, 6.45) is 11.5. The number of carbonyl (C=O) groups excluding carboxylic acids is 1. The molecule has 0 N–H and O–H groups in total. The Balaban J connectivity index is 1.58. The van der Waals surface area contributed by atoms with Crippen molar-refractivity contribution in [2.24, 2.45) is 0 Å². The molecule has 0 bridgehead atoms. The van der Waals surface area contributed by atoms with Crippen LogP contribution in [0.1, 0.15) is 53.6 Å². The molecule has 0 unspecified atom stereocenters. The second-order valence-corrected chi connectivity index (χ2v) is 10.3. The molecule has 0 aromatic heterocycles. The van der Waals surface area contributed by atoms with Crippen LogP contribution in [0.25, 0.3) is 0 Å². The van der Waals surface area contributed by atoms with Gasteiger partial charge in [0.25, 0.3) is 5.91 Å². The minimum Gasteiger partial charge on any atom is -0.325 e. The Labute approximate surface area is 185 Å². The van der Waals surface area contributed by atoms with Gasteiger partial charge in [-0.25, -0.2) is 8.42 Å². The van der Waals surface area contributed by atoms with Crippen molar-refractivity contribution in [3.63, 3.8) is 0 Å². The summed E-state index contributed by atoms with van der Waals surface area (Å²) in [5.41, 5.74) is 2.59. The van der Waals surface area contributed by atoms with Crippen LogP contribution in [0.4, 0.5) is 0 Å². The average Bonchev–Trinajstić information content (AvgIpc) is 2.82. The third-order valence-electron chi connectivity index (χ3n) is 6.35. The Hall–Kier alpha value is -2.62. The van der Waals surface area contributed by atoms with E-state index in [0.717, 1.165) is 31.2 Å². The zero-order valence-electron chi connectivity index (χ0n) is 17.7. The molecule has 1 saturated carbocycles. The Bertz CT molecular complexity index is 1100. The molecule has 2 aromatic carbocycles. The minimum absolute atomic E-state index is 0.121. The van der Waals surface area contributed by atoms with E-state index >= 15 is 0 Å². The van der Waals surface area contributed by atoms with E-state index in [2.05, 4.69) is 5.92 Å². The van der Waals surface area contributed by atoms with Crippen molar-refractivity contribution in [3.05, 3.63) is 65.2 Å². The molecule has 1 amide bonds. The Morgan fingerprint density at radius 3 is 2.55 bits per heavy atom. The first-order valence-electron chi connectivity index (χ1n) is 10.9. The van der Waals surface area contributed by atoms with Crippen LogP contribution in [-0.2, 0) is 23.0 Å². The molecule has 4 rings (SSSR count). The maximum Gasteiger partial charge on any atom is 0.254 e. The fraction of sp³-hybridized carbons (Fsp3) is 0.400. The predicted octanol–water partition coefficient (Wildman–Crippen LogP) is 3.84. The summed E-state index contributed by atoms with van der Waals surface area (Å²) in [7, 11) is -3.70. The second-order valence-electron chi connectivity index (χ2n) is 8.31. The Kier molecular flexibility index (Phi) is 6.45. The molecule has 31 heavy (non-hydrogen) atoms. The summed E-state index contributed by atoms with van der Waals surface area (Å²) in [5.74, 6) is 2.41. The first-order chi connectivity index (χ1) is 15.0. The van der Waals surface area contributed by atoms with Gasteiger partial charge in [-0.05, 0) is 48.6 Å². The largest absolute Gasteiger partial charge is 0.325 e. The minimum atomic E-state index is -3.70. The van der Waals surface area contributed by atoms with Gasteiger partial charge in [0.15, 0.2) is 0 Å². The molecular weight excluding hydrogens is 408 g/mol. The van der Waals surface area contributed by atoms with Gasteiger partial charge in [-0.1, -0.05) is 55.5 Å². The number of benzene rings is 2. The standard InChI is InChI=1S/C25H28N2O3S/c1-2-16-27(23-12-4-3-5-13-23)25(28)21-11-8-14-24(18-21)31(29,30)26-17-15-20-9-6-7-10-22(20)19-26/h1,6-11,14,18,23H,3-5,12-13,15-17,19H2. The lowest BCUT2D eigenvalue weighted by atomic mass is 9.93. The number of amides is 1. The summed E-state index contributed by atoms with van der Waals surface area (Å²) in [4.78, 5) is 15.2. The molecule has 1 aliphatic heterocycles. The van der Waals surface area contributed by atoms with E-state index in [1.165, 1.54) is 22.4 Å². The van der Waals surface area contributed by atoms with E-state index in [1.54, 1.807) is 23.1 Å². The molecule has 162 valence electrons. The van der Waals surface area contributed by atoms with Crippen molar-refractivity contribution in [1.82, 2.24) is 9.21 Å². The molecule has 0 radical (unpaired) electrons. The third-order valence-corrected chi connectivity index (χ3v) is 8.19. The monoisotopic (exact) mass is 436 g/mol.